The number of halogens is 1. The summed E-state index contributed by atoms with van der Waals surface area (Å²) in [6.45, 7) is 3.74. The molecule has 5 heterocycles. The first-order chi connectivity index (χ1) is 10.8. The summed E-state index contributed by atoms with van der Waals surface area (Å²) in [5, 5.41) is 0.798. The quantitative estimate of drug-likeness (QED) is 0.852. The fourth-order valence-electron chi connectivity index (χ4n) is 4.54. The van der Waals surface area contributed by atoms with Crippen LogP contribution < -0.4 is 4.74 Å². The van der Waals surface area contributed by atoms with Crippen molar-refractivity contribution in [3.63, 3.8) is 0 Å². The van der Waals surface area contributed by atoms with Gasteiger partial charge in [-0.2, -0.15) is 0 Å². The molecule has 2 aromatic heterocycles. The summed E-state index contributed by atoms with van der Waals surface area (Å²) in [5.41, 5.74) is 1.01. The first-order valence-electron chi connectivity index (χ1n) is 7.95. The third kappa shape index (κ3) is 2.73. The zero-order valence-electron chi connectivity index (χ0n) is 12.7. The first kappa shape index (κ1) is 15.3. The summed E-state index contributed by atoms with van der Waals surface area (Å²) in [6, 6.07) is 0. The van der Waals surface area contributed by atoms with Crippen molar-refractivity contribution in [1.29, 1.82) is 0 Å². The second kappa shape index (κ2) is 6.00. The lowest BCUT2D eigenvalue weighted by atomic mass is 9.66. The fourth-order valence-corrected chi connectivity index (χ4v) is 5.33. The Labute approximate surface area is 145 Å². The standard InChI is InChI=1S/C16H18N4OS.ClH/c1-10-2-12-8-20(6-10)7-11(1)15(12)21-16-19-5-14(22-16)13-3-17-9-18-4-13;/h3-5,9-12,15H,1-2,6-8H2;1H. The Balaban J connectivity index is 0.00000135. The Hall–Kier alpha value is -1.24. The molecule has 4 aliphatic rings. The van der Waals surface area contributed by atoms with Crippen LogP contribution in [0.5, 0.6) is 5.19 Å². The minimum absolute atomic E-state index is 0. The number of thiazole rings is 1. The summed E-state index contributed by atoms with van der Waals surface area (Å²) >= 11 is 1.60. The molecule has 3 saturated heterocycles. The molecule has 122 valence electrons. The molecule has 2 atom stereocenters. The van der Waals surface area contributed by atoms with Gasteiger partial charge in [0, 0.05) is 55.6 Å². The minimum atomic E-state index is 0. The maximum Gasteiger partial charge on any atom is 0.274 e. The molecule has 0 radical (unpaired) electrons. The summed E-state index contributed by atoms with van der Waals surface area (Å²) in [5.74, 6) is 2.29. The smallest absolute Gasteiger partial charge is 0.274 e. The Morgan fingerprint density at radius 3 is 2.48 bits per heavy atom. The first-order valence-corrected chi connectivity index (χ1v) is 8.77. The van der Waals surface area contributed by atoms with Crippen LogP contribution in [0.25, 0.3) is 10.4 Å². The number of hydrogen-bond donors (Lipinski definition) is 0. The number of rotatable bonds is 3. The Kier molecular flexibility index (Phi) is 3.99. The van der Waals surface area contributed by atoms with E-state index in [0.29, 0.717) is 17.9 Å². The van der Waals surface area contributed by atoms with Crippen molar-refractivity contribution in [3.05, 3.63) is 24.9 Å². The lowest BCUT2D eigenvalue weighted by Crippen LogP contribution is -2.61. The normalized spacial score (nSPS) is 34.2. The zero-order valence-corrected chi connectivity index (χ0v) is 14.3. The van der Waals surface area contributed by atoms with Crippen LogP contribution >= 0.6 is 23.7 Å². The van der Waals surface area contributed by atoms with Gasteiger partial charge in [0.05, 0.1) is 4.88 Å². The average Bonchev–Trinajstić information content (AvgIpc) is 3.00. The van der Waals surface area contributed by atoms with Gasteiger partial charge in [0.1, 0.15) is 12.4 Å². The summed E-state index contributed by atoms with van der Waals surface area (Å²) in [4.78, 5) is 16.3. The van der Waals surface area contributed by atoms with Gasteiger partial charge >= 0.3 is 0 Å². The predicted octanol–water partition coefficient (Wildman–Crippen LogP) is 2.74. The molecule has 0 amide bonds. The van der Waals surface area contributed by atoms with E-state index in [1.807, 2.05) is 18.6 Å². The van der Waals surface area contributed by atoms with Crippen LogP contribution in [0, 0.1) is 17.8 Å². The van der Waals surface area contributed by atoms with E-state index in [0.717, 1.165) is 21.6 Å². The maximum absolute atomic E-state index is 6.33. The number of ether oxygens (including phenoxy) is 1. The highest BCUT2D eigenvalue weighted by molar-refractivity contribution is 7.16. The number of hydrogen-bond acceptors (Lipinski definition) is 6. The summed E-state index contributed by atoms with van der Waals surface area (Å²) in [7, 11) is 0. The van der Waals surface area contributed by atoms with Gasteiger partial charge in [0.15, 0.2) is 0 Å². The highest BCUT2D eigenvalue weighted by Gasteiger charge is 2.48. The van der Waals surface area contributed by atoms with Gasteiger partial charge in [0.2, 0.25) is 0 Å². The lowest BCUT2D eigenvalue weighted by molar-refractivity contribution is -0.0985. The van der Waals surface area contributed by atoms with Crippen molar-refractivity contribution in [3.8, 4) is 15.6 Å². The van der Waals surface area contributed by atoms with E-state index < -0.39 is 0 Å². The largest absolute Gasteiger partial charge is 0.466 e. The van der Waals surface area contributed by atoms with Crippen LogP contribution in [0.15, 0.2) is 24.9 Å². The predicted molar refractivity (Wildman–Crippen MR) is 90.9 cm³/mol. The molecule has 3 aliphatic heterocycles. The molecule has 5 nitrogen and oxygen atoms in total. The highest BCUT2D eigenvalue weighted by atomic mass is 35.5. The molecule has 2 aromatic rings. The van der Waals surface area contributed by atoms with E-state index in [1.165, 1.54) is 32.5 Å². The van der Waals surface area contributed by atoms with Crippen LogP contribution in [0.2, 0.25) is 0 Å². The van der Waals surface area contributed by atoms with Crippen LogP contribution in [-0.2, 0) is 0 Å². The fraction of sp³-hybridized carbons (Fsp3) is 0.562. The van der Waals surface area contributed by atoms with E-state index in [4.69, 9.17) is 4.74 Å². The molecular formula is C16H19ClN4OS. The van der Waals surface area contributed by atoms with Crippen LogP contribution in [0.4, 0.5) is 0 Å². The van der Waals surface area contributed by atoms with E-state index >= 15 is 0 Å². The van der Waals surface area contributed by atoms with Crippen molar-refractivity contribution in [2.24, 2.45) is 17.8 Å². The molecule has 4 fully saturated rings. The molecule has 1 aliphatic carbocycles. The number of nitrogens with zero attached hydrogens (tertiary/aromatic N) is 4. The molecular weight excluding hydrogens is 332 g/mol. The second-order valence-corrected chi connectivity index (χ2v) is 7.77. The topological polar surface area (TPSA) is 51.1 Å². The molecule has 0 spiro atoms. The molecule has 0 aromatic carbocycles. The van der Waals surface area contributed by atoms with Crippen LogP contribution in [0.1, 0.15) is 12.8 Å². The molecule has 23 heavy (non-hydrogen) atoms. The molecule has 1 saturated carbocycles. The third-order valence-corrected chi connectivity index (χ3v) is 6.21. The van der Waals surface area contributed by atoms with Crippen molar-refractivity contribution >= 4 is 23.7 Å². The summed E-state index contributed by atoms with van der Waals surface area (Å²) < 4.78 is 6.33. The van der Waals surface area contributed by atoms with Gasteiger partial charge in [-0.3, -0.25) is 0 Å². The minimum Gasteiger partial charge on any atom is -0.466 e. The average molecular weight is 351 g/mol. The lowest BCUT2D eigenvalue weighted by Gasteiger charge is -2.55. The number of piperidine rings is 3. The number of aromatic nitrogens is 3. The van der Waals surface area contributed by atoms with Crippen LogP contribution in [-0.4, -0.2) is 45.6 Å². The van der Waals surface area contributed by atoms with Gasteiger partial charge in [-0.05, 0) is 18.8 Å². The van der Waals surface area contributed by atoms with E-state index in [-0.39, 0.29) is 12.4 Å². The van der Waals surface area contributed by atoms with Gasteiger partial charge < -0.3 is 9.64 Å². The molecule has 2 unspecified atom stereocenters. The third-order valence-electron chi connectivity index (χ3n) is 5.27. The van der Waals surface area contributed by atoms with Gasteiger partial charge in [-0.1, -0.05) is 11.3 Å². The second-order valence-electron chi connectivity index (χ2n) is 6.78. The summed E-state index contributed by atoms with van der Waals surface area (Å²) in [6.07, 6.45) is 10.1. The molecule has 0 N–H and O–H groups in total. The Bertz CT molecular complexity index is 652. The van der Waals surface area contributed by atoms with Crippen molar-refractivity contribution in [1.82, 2.24) is 19.9 Å². The highest BCUT2D eigenvalue weighted by Crippen LogP contribution is 2.45. The van der Waals surface area contributed by atoms with E-state index in [1.54, 1.807) is 17.7 Å². The molecule has 6 rings (SSSR count). The maximum atomic E-state index is 6.33. The molecule has 7 heteroatoms. The van der Waals surface area contributed by atoms with Gasteiger partial charge in [0.25, 0.3) is 5.19 Å². The van der Waals surface area contributed by atoms with Gasteiger partial charge in [-0.15, -0.1) is 12.4 Å². The Morgan fingerprint density at radius 1 is 1.04 bits per heavy atom. The van der Waals surface area contributed by atoms with Crippen molar-refractivity contribution < 1.29 is 4.74 Å². The SMILES string of the molecule is Cl.c1ncc(-c2cnc(OC3C4CC5CC3CN(C5)C4)s2)cn1. The van der Waals surface area contributed by atoms with Crippen molar-refractivity contribution in [2.75, 3.05) is 19.6 Å². The van der Waals surface area contributed by atoms with Crippen molar-refractivity contribution in [2.45, 2.75) is 18.9 Å². The monoisotopic (exact) mass is 350 g/mol. The van der Waals surface area contributed by atoms with Crippen LogP contribution in [0.3, 0.4) is 0 Å². The zero-order chi connectivity index (χ0) is 14.5. The molecule has 4 bridgehead atoms. The van der Waals surface area contributed by atoms with E-state index in [9.17, 15) is 0 Å². The van der Waals surface area contributed by atoms with E-state index in [2.05, 4.69) is 19.9 Å². The Morgan fingerprint density at radius 2 is 1.78 bits per heavy atom. The van der Waals surface area contributed by atoms with Gasteiger partial charge in [-0.25, -0.2) is 15.0 Å².